The van der Waals surface area contributed by atoms with E-state index in [0.29, 0.717) is 11.4 Å². The van der Waals surface area contributed by atoms with E-state index in [-0.39, 0.29) is 5.41 Å². The van der Waals surface area contributed by atoms with Crippen LogP contribution in [-0.4, -0.2) is 32.0 Å². The monoisotopic (exact) mass is 400 g/mol. The summed E-state index contributed by atoms with van der Waals surface area (Å²) in [4.78, 5) is 5.32. The molecule has 27 heavy (non-hydrogen) atoms. The Morgan fingerprint density at radius 1 is 1.07 bits per heavy atom. The highest BCUT2D eigenvalue weighted by atomic mass is 32.2. The van der Waals surface area contributed by atoms with Crippen LogP contribution in [0.5, 0.6) is 0 Å². The molecule has 2 aromatic carbocycles. The lowest BCUT2D eigenvalue weighted by Crippen LogP contribution is -2.44. The normalized spacial score (nSPS) is 20.3. The van der Waals surface area contributed by atoms with Crippen LogP contribution >= 0.6 is 11.8 Å². The molecule has 0 atom stereocenters. The molecule has 1 spiro atoms. The van der Waals surface area contributed by atoms with Crippen molar-refractivity contribution in [2.75, 3.05) is 23.1 Å². The van der Waals surface area contributed by atoms with E-state index in [0.717, 1.165) is 36.3 Å². The lowest BCUT2D eigenvalue weighted by Gasteiger charge is -2.42. The van der Waals surface area contributed by atoms with Gasteiger partial charge in [0.2, 0.25) is 0 Å². The molecule has 0 aliphatic carbocycles. The number of aliphatic imine (C=N–C) groups is 1. The number of nitrogens with zero attached hydrogens (tertiary/aromatic N) is 1. The molecule has 142 valence electrons. The molecule has 1 fully saturated rings. The number of hydrogen-bond donors (Lipinski definition) is 1. The summed E-state index contributed by atoms with van der Waals surface area (Å²) in [5.74, 6) is 3.44. The van der Waals surface area contributed by atoms with Crippen LogP contribution < -0.4 is 5.32 Å². The van der Waals surface area contributed by atoms with Crippen molar-refractivity contribution in [3.05, 3.63) is 59.7 Å². The molecular weight excluding hydrogens is 376 g/mol. The molecular formula is C21H24N2O2S2. The maximum absolute atomic E-state index is 11.6. The van der Waals surface area contributed by atoms with Gasteiger partial charge in [-0.2, -0.15) is 11.8 Å². The lowest BCUT2D eigenvalue weighted by atomic mass is 9.73. The van der Waals surface area contributed by atoms with Crippen LogP contribution in [0.25, 0.3) is 0 Å². The number of rotatable bonds is 3. The van der Waals surface area contributed by atoms with Gasteiger partial charge < -0.3 is 5.32 Å². The molecule has 0 aromatic heterocycles. The molecule has 2 aliphatic heterocycles. The second kappa shape index (κ2) is 7.32. The molecule has 0 radical (unpaired) electrons. The Labute approximate surface area is 165 Å². The molecule has 4 nitrogen and oxygen atoms in total. The van der Waals surface area contributed by atoms with E-state index < -0.39 is 9.84 Å². The van der Waals surface area contributed by atoms with Crippen LogP contribution in [0, 0.1) is 5.41 Å². The second-order valence-corrected chi connectivity index (χ2v) is 10.7. The van der Waals surface area contributed by atoms with Gasteiger partial charge in [0.05, 0.1) is 11.4 Å². The molecule has 0 saturated carbocycles. The summed E-state index contributed by atoms with van der Waals surface area (Å²) in [5.41, 5.74) is 3.66. The minimum absolute atomic E-state index is 0.103. The number of para-hydroxylation sites is 1. The predicted molar refractivity (Wildman–Crippen MR) is 113 cm³/mol. The smallest absolute Gasteiger partial charge is 0.175 e. The molecule has 0 unspecified atom stereocenters. The van der Waals surface area contributed by atoms with Gasteiger partial charge in [0.15, 0.2) is 9.84 Å². The lowest BCUT2D eigenvalue weighted by molar-refractivity contribution is 0.377. The summed E-state index contributed by atoms with van der Waals surface area (Å²) in [5, 5.41) is 3.61. The molecule has 2 heterocycles. The van der Waals surface area contributed by atoms with E-state index in [1.165, 1.54) is 23.3 Å². The van der Waals surface area contributed by atoms with Crippen LogP contribution in [0.1, 0.15) is 24.0 Å². The highest BCUT2D eigenvalue weighted by Crippen LogP contribution is 2.44. The Morgan fingerprint density at radius 3 is 2.48 bits per heavy atom. The third-order valence-electron chi connectivity index (χ3n) is 5.52. The number of fused-ring (bicyclic) bond motifs is 1. The summed E-state index contributed by atoms with van der Waals surface area (Å²) in [7, 11) is -3.16. The zero-order valence-electron chi connectivity index (χ0n) is 15.4. The fourth-order valence-corrected chi connectivity index (χ4v) is 5.80. The maximum atomic E-state index is 11.6. The summed E-state index contributed by atoms with van der Waals surface area (Å²) in [6.45, 7) is 0.559. The van der Waals surface area contributed by atoms with Crippen molar-refractivity contribution in [2.45, 2.75) is 30.7 Å². The van der Waals surface area contributed by atoms with Gasteiger partial charge in [0.25, 0.3) is 0 Å². The van der Waals surface area contributed by atoms with Gasteiger partial charge >= 0.3 is 0 Å². The zero-order chi connectivity index (χ0) is 18.9. The van der Waals surface area contributed by atoms with Crippen molar-refractivity contribution < 1.29 is 8.42 Å². The molecule has 1 saturated heterocycles. The Morgan fingerprint density at radius 2 is 1.78 bits per heavy atom. The van der Waals surface area contributed by atoms with Gasteiger partial charge in [-0.3, -0.25) is 4.99 Å². The van der Waals surface area contributed by atoms with Crippen molar-refractivity contribution in [1.82, 2.24) is 0 Å². The summed E-state index contributed by atoms with van der Waals surface area (Å²) in [6, 6.07) is 15.6. The van der Waals surface area contributed by atoms with E-state index in [2.05, 4.69) is 29.6 Å². The van der Waals surface area contributed by atoms with Crippen LogP contribution in [0.15, 0.2) is 58.4 Å². The predicted octanol–water partition coefficient (Wildman–Crippen LogP) is 4.17. The summed E-state index contributed by atoms with van der Waals surface area (Å²) in [6.07, 6.45) is 4.56. The van der Waals surface area contributed by atoms with Gasteiger partial charge in [-0.1, -0.05) is 30.3 Å². The number of amidine groups is 1. The summed E-state index contributed by atoms with van der Waals surface area (Å²) >= 11 is 2.02. The van der Waals surface area contributed by atoms with E-state index in [1.807, 2.05) is 23.9 Å². The number of thioether (sulfide) groups is 1. The number of anilines is 1. The fraction of sp³-hybridized carbons (Fsp3) is 0.381. The maximum Gasteiger partial charge on any atom is 0.175 e. The average Bonchev–Trinajstić information content (AvgIpc) is 2.66. The van der Waals surface area contributed by atoms with Gasteiger partial charge in [-0.25, -0.2) is 8.42 Å². The third kappa shape index (κ3) is 3.92. The molecule has 2 aliphatic rings. The van der Waals surface area contributed by atoms with Crippen molar-refractivity contribution in [3.8, 4) is 0 Å². The highest BCUT2D eigenvalue weighted by Gasteiger charge is 2.41. The van der Waals surface area contributed by atoms with E-state index in [1.54, 1.807) is 12.1 Å². The second-order valence-electron chi connectivity index (χ2n) is 7.43. The molecule has 1 N–H and O–H groups in total. The zero-order valence-corrected chi connectivity index (χ0v) is 17.1. The number of hydrogen-bond acceptors (Lipinski definition) is 4. The highest BCUT2D eigenvalue weighted by molar-refractivity contribution is 7.99. The van der Waals surface area contributed by atoms with Crippen LogP contribution in [0.3, 0.4) is 0 Å². The van der Waals surface area contributed by atoms with Crippen molar-refractivity contribution in [3.63, 3.8) is 0 Å². The average molecular weight is 401 g/mol. The fourth-order valence-electron chi connectivity index (χ4n) is 3.90. The van der Waals surface area contributed by atoms with Crippen molar-refractivity contribution >= 4 is 33.1 Å². The van der Waals surface area contributed by atoms with Gasteiger partial charge in [0, 0.05) is 17.4 Å². The molecule has 2 aromatic rings. The number of sulfone groups is 1. The first-order chi connectivity index (χ1) is 13.0. The molecule has 0 bridgehead atoms. The first-order valence-corrected chi connectivity index (χ1v) is 12.3. The van der Waals surface area contributed by atoms with Crippen molar-refractivity contribution in [1.29, 1.82) is 0 Å². The first kappa shape index (κ1) is 18.6. The van der Waals surface area contributed by atoms with E-state index in [4.69, 9.17) is 4.99 Å². The topological polar surface area (TPSA) is 58.5 Å². The molecule has 4 rings (SSSR count). The third-order valence-corrected chi connectivity index (χ3v) is 7.64. The van der Waals surface area contributed by atoms with Gasteiger partial charge in [-0.05, 0) is 60.1 Å². The number of nitrogens with one attached hydrogen (secondary N) is 1. The van der Waals surface area contributed by atoms with Crippen LogP contribution in [0.2, 0.25) is 0 Å². The Balaban J connectivity index is 1.61. The van der Waals surface area contributed by atoms with Crippen molar-refractivity contribution in [2.24, 2.45) is 10.4 Å². The van der Waals surface area contributed by atoms with Crippen LogP contribution in [0.4, 0.5) is 5.69 Å². The number of benzene rings is 2. The quantitative estimate of drug-likeness (QED) is 0.840. The standard InChI is InChI=1S/C21H24N2O2S2/c1-27(24,25)18-8-6-16(7-9-18)15-22-20-21(10-12-26-13-11-21)14-17-4-2-3-5-19(17)23-20/h2-9H,10-15H2,1H3,(H,22,23). The minimum atomic E-state index is -3.16. The van der Waals surface area contributed by atoms with Crippen LogP contribution in [-0.2, 0) is 22.8 Å². The Bertz CT molecular complexity index is 960. The largest absolute Gasteiger partial charge is 0.343 e. The van der Waals surface area contributed by atoms with E-state index in [9.17, 15) is 8.42 Å². The molecule has 6 heteroatoms. The Hall–Kier alpha value is -1.79. The minimum Gasteiger partial charge on any atom is -0.343 e. The SMILES string of the molecule is CS(=O)(=O)c1ccc(CN=C2Nc3ccccc3CC23CCSCC3)cc1. The summed E-state index contributed by atoms with van der Waals surface area (Å²) < 4.78 is 23.3. The van der Waals surface area contributed by atoms with Gasteiger partial charge in [-0.15, -0.1) is 0 Å². The Kier molecular flexibility index (Phi) is 5.03. The molecule has 0 amide bonds. The van der Waals surface area contributed by atoms with E-state index >= 15 is 0 Å². The van der Waals surface area contributed by atoms with Gasteiger partial charge in [0.1, 0.15) is 5.84 Å². The first-order valence-electron chi connectivity index (χ1n) is 9.23.